The standard InChI is InChI=1S/C13H21NS/c1-10-4-5-13(12(3)11(10)2)6-7-14-8-9-15/h4-5,14-15H,6-9H2,1-3H3. The van der Waals surface area contributed by atoms with Gasteiger partial charge in [-0.2, -0.15) is 12.6 Å². The zero-order valence-electron chi connectivity index (χ0n) is 9.93. The molecule has 1 nitrogen and oxygen atoms in total. The minimum atomic E-state index is 0.909. The molecule has 0 saturated carbocycles. The van der Waals surface area contributed by atoms with Gasteiger partial charge in [-0.15, -0.1) is 0 Å². The quantitative estimate of drug-likeness (QED) is 0.578. The van der Waals surface area contributed by atoms with Gasteiger partial charge in [0.05, 0.1) is 0 Å². The third-order valence-electron chi connectivity index (χ3n) is 3.03. The second-order valence-electron chi connectivity index (χ2n) is 4.02. The summed E-state index contributed by atoms with van der Waals surface area (Å²) in [5.41, 5.74) is 5.73. The molecule has 15 heavy (non-hydrogen) atoms. The number of thiol groups is 1. The van der Waals surface area contributed by atoms with E-state index in [4.69, 9.17) is 0 Å². The fourth-order valence-electron chi connectivity index (χ4n) is 1.71. The summed E-state index contributed by atoms with van der Waals surface area (Å²) in [6.45, 7) is 8.63. The van der Waals surface area contributed by atoms with Crippen molar-refractivity contribution in [1.82, 2.24) is 5.32 Å². The Morgan fingerprint density at radius 3 is 2.47 bits per heavy atom. The predicted octanol–water partition coefficient (Wildman–Crippen LogP) is 2.67. The fraction of sp³-hybridized carbons (Fsp3) is 0.538. The first kappa shape index (κ1) is 12.6. The van der Waals surface area contributed by atoms with Gasteiger partial charge in [0, 0.05) is 12.3 Å². The van der Waals surface area contributed by atoms with Crippen molar-refractivity contribution in [3.8, 4) is 0 Å². The summed E-state index contributed by atoms with van der Waals surface area (Å²) in [5, 5.41) is 3.37. The van der Waals surface area contributed by atoms with Crippen LogP contribution in [0.15, 0.2) is 12.1 Å². The number of rotatable bonds is 5. The van der Waals surface area contributed by atoms with Crippen molar-refractivity contribution in [2.75, 3.05) is 18.8 Å². The van der Waals surface area contributed by atoms with Gasteiger partial charge in [0.2, 0.25) is 0 Å². The second kappa shape index (κ2) is 6.19. The Labute approximate surface area is 98.7 Å². The van der Waals surface area contributed by atoms with Crippen LogP contribution in [-0.2, 0) is 6.42 Å². The minimum Gasteiger partial charge on any atom is -0.316 e. The van der Waals surface area contributed by atoms with Crippen LogP contribution in [0.4, 0.5) is 0 Å². The lowest BCUT2D eigenvalue weighted by Crippen LogP contribution is -2.19. The summed E-state index contributed by atoms with van der Waals surface area (Å²) in [6, 6.07) is 4.47. The highest BCUT2D eigenvalue weighted by Crippen LogP contribution is 2.17. The molecule has 1 aromatic rings. The van der Waals surface area contributed by atoms with Crippen molar-refractivity contribution < 1.29 is 0 Å². The molecule has 0 unspecified atom stereocenters. The average molecular weight is 223 g/mol. The normalized spacial score (nSPS) is 10.7. The molecule has 0 spiro atoms. The molecule has 1 aromatic carbocycles. The van der Waals surface area contributed by atoms with Crippen LogP contribution in [0, 0.1) is 20.8 Å². The molecule has 1 N–H and O–H groups in total. The number of hydrogen-bond acceptors (Lipinski definition) is 2. The number of hydrogen-bond donors (Lipinski definition) is 2. The van der Waals surface area contributed by atoms with Crippen molar-refractivity contribution in [3.63, 3.8) is 0 Å². The second-order valence-corrected chi connectivity index (χ2v) is 4.46. The number of aryl methyl sites for hydroxylation is 1. The third kappa shape index (κ3) is 3.54. The summed E-state index contributed by atoms with van der Waals surface area (Å²) < 4.78 is 0. The molecular weight excluding hydrogens is 202 g/mol. The van der Waals surface area contributed by atoms with E-state index in [2.05, 4.69) is 50.8 Å². The Hall–Kier alpha value is -0.470. The van der Waals surface area contributed by atoms with Gasteiger partial charge in [-0.3, -0.25) is 0 Å². The molecule has 2 heteroatoms. The van der Waals surface area contributed by atoms with Crippen LogP contribution < -0.4 is 5.32 Å². The van der Waals surface area contributed by atoms with Gasteiger partial charge in [-0.05, 0) is 56.0 Å². The highest BCUT2D eigenvalue weighted by molar-refractivity contribution is 7.80. The average Bonchev–Trinajstić information content (AvgIpc) is 2.24. The van der Waals surface area contributed by atoms with Crippen LogP contribution in [0.1, 0.15) is 22.3 Å². The molecule has 0 atom stereocenters. The molecule has 0 heterocycles. The lowest BCUT2D eigenvalue weighted by Gasteiger charge is -2.11. The highest BCUT2D eigenvalue weighted by atomic mass is 32.1. The maximum Gasteiger partial charge on any atom is 0.00398 e. The monoisotopic (exact) mass is 223 g/mol. The van der Waals surface area contributed by atoms with E-state index in [1.54, 1.807) is 0 Å². The van der Waals surface area contributed by atoms with Gasteiger partial charge in [0.15, 0.2) is 0 Å². The maximum atomic E-state index is 4.17. The van der Waals surface area contributed by atoms with Crippen molar-refractivity contribution >= 4 is 12.6 Å². The first-order valence-electron chi connectivity index (χ1n) is 5.54. The molecule has 0 amide bonds. The molecule has 0 aromatic heterocycles. The van der Waals surface area contributed by atoms with E-state index in [1.807, 2.05) is 0 Å². The Balaban J connectivity index is 2.58. The highest BCUT2D eigenvalue weighted by Gasteiger charge is 2.02. The summed E-state index contributed by atoms with van der Waals surface area (Å²) in [6.07, 6.45) is 1.11. The zero-order chi connectivity index (χ0) is 11.3. The molecule has 1 rings (SSSR count). The van der Waals surface area contributed by atoms with Crippen molar-refractivity contribution in [3.05, 3.63) is 34.4 Å². The van der Waals surface area contributed by atoms with E-state index in [1.165, 1.54) is 22.3 Å². The van der Waals surface area contributed by atoms with Gasteiger partial charge in [-0.1, -0.05) is 12.1 Å². The summed E-state index contributed by atoms with van der Waals surface area (Å²) in [7, 11) is 0. The molecule has 0 aliphatic carbocycles. The van der Waals surface area contributed by atoms with Crippen LogP contribution in [0.2, 0.25) is 0 Å². The SMILES string of the molecule is Cc1ccc(CCNCCS)c(C)c1C. The number of nitrogens with one attached hydrogen (secondary N) is 1. The maximum absolute atomic E-state index is 4.17. The lowest BCUT2D eigenvalue weighted by atomic mass is 9.97. The van der Waals surface area contributed by atoms with Gasteiger partial charge >= 0.3 is 0 Å². The van der Waals surface area contributed by atoms with Crippen molar-refractivity contribution in [1.29, 1.82) is 0 Å². The van der Waals surface area contributed by atoms with Crippen LogP contribution in [-0.4, -0.2) is 18.8 Å². The minimum absolute atomic E-state index is 0.909. The van der Waals surface area contributed by atoms with E-state index in [-0.39, 0.29) is 0 Å². The van der Waals surface area contributed by atoms with E-state index >= 15 is 0 Å². The van der Waals surface area contributed by atoms with E-state index in [9.17, 15) is 0 Å². The molecular formula is C13H21NS. The lowest BCUT2D eigenvalue weighted by molar-refractivity contribution is 0.719. The largest absolute Gasteiger partial charge is 0.316 e. The molecule has 0 saturated heterocycles. The smallest absolute Gasteiger partial charge is 0.00398 e. The van der Waals surface area contributed by atoms with Gasteiger partial charge in [0.25, 0.3) is 0 Å². The summed E-state index contributed by atoms with van der Waals surface area (Å²) in [5.74, 6) is 0.909. The molecule has 0 aliphatic heterocycles. The van der Waals surface area contributed by atoms with Crippen LogP contribution >= 0.6 is 12.6 Å². The fourth-order valence-corrected chi connectivity index (χ4v) is 1.87. The Morgan fingerprint density at radius 1 is 1.07 bits per heavy atom. The summed E-state index contributed by atoms with van der Waals surface area (Å²) in [4.78, 5) is 0. The molecule has 84 valence electrons. The van der Waals surface area contributed by atoms with Gasteiger partial charge in [0.1, 0.15) is 0 Å². The van der Waals surface area contributed by atoms with E-state index in [0.29, 0.717) is 0 Å². The first-order valence-corrected chi connectivity index (χ1v) is 6.17. The van der Waals surface area contributed by atoms with Crippen molar-refractivity contribution in [2.24, 2.45) is 0 Å². The van der Waals surface area contributed by atoms with Crippen LogP contribution in [0.25, 0.3) is 0 Å². The molecule has 0 bridgehead atoms. The molecule has 0 fully saturated rings. The Morgan fingerprint density at radius 2 is 1.80 bits per heavy atom. The van der Waals surface area contributed by atoms with Crippen LogP contribution in [0.3, 0.4) is 0 Å². The van der Waals surface area contributed by atoms with Gasteiger partial charge < -0.3 is 5.32 Å². The first-order chi connectivity index (χ1) is 7.16. The topological polar surface area (TPSA) is 12.0 Å². The van der Waals surface area contributed by atoms with Gasteiger partial charge in [-0.25, -0.2) is 0 Å². The number of benzene rings is 1. The van der Waals surface area contributed by atoms with Crippen molar-refractivity contribution in [2.45, 2.75) is 27.2 Å². The van der Waals surface area contributed by atoms with E-state index < -0.39 is 0 Å². The van der Waals surface area contributed by atoms with E-state index in [0.717, 1.165) is 25.3 Å². The molecule has 0 aliphatic rings. The third-order valence-corrected chi connectivity index (χ3v) is 3.25. The zero-order valence-corrected chi connectivity index (χ0v) is 10.8. The predicted molar refractivity (Wildman–Crippen MR) is 71.1 cm³/mol. The Kier molecular flexibility index (Phi) is 5.20. The molecule has 0 radical (unpaired) electrons. The summed E-state index contributed by atoms with van der Waals surface area (Å²) >= 11 is 4.17. The van der Waals surface area contributed by atoms with Crippen LogP contribution in [0.5, 0.6) is 0 Å². The Bertz CT molecular complexity index is 321.